The summed E-state index contributed by atoms with van der Waals surface area (Å²) in [5.74, 6) is 0.593. The highest BCUT2D eigenvalue weighted by molar-refractivity contribution is 5.28. The molecule has 1 aromatic heterocycles. The van der Waals surface area contributed by atoms with Crippen LogP contribution in [0.2, 0.25) is 0 Å². The van der Waals surface area contributed by atoms with Crippen molar-refractivity contribution in [3.8, 4) is 0 Å². The summed E-state index contributed by atoms with van der Waals surface area (Å²) in [5, 5.41) is 14.7. The molecule has 0 bridgehead atoms. The molecule has 0 saturated carbocycles. The number of rotatable bonds is 6. The van der Waals surface area contributed by atoms with E-state index in [-0.39, 0.29) is 11.6 Å². The van der Waals surface area contributed by atoms with Gasteiger partial charge in [-0.3, -0.25) is 0 Å². The molecular formula is C16H24N4O. The molecule has 0 aliphatic rings. The molecule has 0 aliphatic heterocycles. The van der Waals surface area contributed by atoms with Crippen molar-refractivity contribution in [3.05, 3.63) is 41.8 Å². The lowest BCUT2D eigenvalue weighted by Gasteiger charge is -2.18. The summed E-state index contributed by atoms with van der Waals surface area (Å²) in [7, 11) is 0. The van der Waals surface area contributed by atoms with Crippen molar-refractivity contribution in [2.45, 2.75) is 52.2 Å². The second kappa shape index (κ2) is 6.72. The molecule has 1 unspecified atom stereocenters. The third kappa shape index (κ3) is 4.86. The minimum absolute atomic E-state index is 0.0258. The highest BCUT2D eigenvalue weighted by atomic mass is 16.4. The van der Waals surface area contributed by atoms with Gasteiger partial charge in [0.1, 0.15) is 0 Å². The summed E-state index contributed by atoms with van der Waals surface area (Å²) in [4.78, 5) is 0. The number of hydrogen-bond donors (Lipinski definition) is 2. The Labute approximate surface area is 126 Å². The van der Waals surface area contributed by atoms with E-state index in [1.807, 2.05) is 18.2 Å². The van der Waals surface area contributed by atoms with Crippen LogP contribution >= 0.6 is 0 Å². The maximum Gasteiger partial charge on any atom is 0.315 e. The summed E-state index contributed by atoms with van der Waals surface area (Å²) in [6.45, 7) is 9.00. The highest BCUT2D eigenvalue weighted by Crippen LogP contribution is 2.21. The van der Waals surface area contributed by atoms with Crippen LogP contribution in [0.5, 0.6) is 0 Å². The van der Waals surface area contributed by atoms with Gasteiger partial charge in [-0.25, -0.2) is 0 Å². The van der Waals surface area contributed by atoms with E-state index in [9.17, 15) is 0 Å². The summed E-state index contributed by atoms with van der Waals surface area (Å²) < 4.78 is 5.64. The van der Waals surface area contributed by atoms with Crippen LogP contribution < -0.4 is 10.6 Å². The van der Waals surface area contributed by atoms with Crippen LogP contribution in [0.25, 0.3) is 0 Å². The molecule has 2 aromatic rings. The molecule has 5 heteroatoms. The first kappa shape index (κ1) is 15.5. The van der Waals surface area contributed by atoms with E-state index >= 15 is 0 Å². The van der Waals surface area contributed by atoms with E-state index < -0.39 is 0 Å². The third-order valence-electron chi connectivity index (χ3n) is 3.14. The Morgan fingerprint density at radius 3 is 2.48 bits per heavy atom. The average molecular weight is 288 g/mol. The Kier molecular flexibility index (Phi) is 4.96. The predicted octanol–water partition coefficient (Wildman–Crippen LogP) is 3.52. The average Bonchev–Trinajstić information content (AvgIpc) is 2.90. The normalized spacial score (nSPS) is 13.1. The molecule has 2 N–H and O–H groups in total. The summed E-state index contributed by atoms with van der Waals surface area (Å²) in [6, 6.07) is 10.9. The molecule has 1 heterocycles. The smallest absolute Gasteiger partial charge is 0.315 e. The molecule has 0 aliphatic carbocycles. The lowest BCUT2D eigenvalue weighted by atomic mass is 10.1. The fourth-order valence-electron chi connectivity index (χ4n) is 1.98. The van der Waals surface area contributed by atoms with E-state index in [0.717, 1.165) is 6.42 Å². The third-order valence-corrected chi connectivity index (χ3v) is 3.14. The van der Waals surface area contributed by atoms with Gasteiger partial charge >= 0.3 is 6.01 Å². The van der Waals surface area contributed by atoms with E-state index in [4.69, 9.17) is 4.42 Å². The fourth-order valence-corrected chi connectivity index (χ4v) is 1.98. The minimum Gasteiger partial charge on any atom is -0.407 e. The summed E-state index contributed by atoms with van der Waals surface area (Å²) >= 11 is 0. The second-order valence-electron chi connectivity index (χ2n) is 6.12. The molecule has 5 nitrogen and oxygen atoms in total. The van der Waals surface area contributed by atoms with Gasteiger partial charge in [0.05, 0.1) is 12.6 Å². The molecule has 0 radical (unpaired) electrons. The van der Waals surface area contributed by atoms with E-state index in [1.165, 1.54) is 5.56 Å². The molecule has 0 spiro atoms. The number of aromatic nitrogens is 2. The van der Waals surface area contributed by atoms with E-state index in [1.54, 1.807) is 0 Å². The van der Waals surface area contributed by atoms with Gasteiger partial charge in [0.15, 0.2) is 0 Å². The first-order chi connectivity index (χ1) is 9.98. The molecule has 1 atom stereocenters. The first-order valence-electron chi connectivity index (χ1n) is 7.37. The minimum atomic E-state index is 0.0258. The van der Waals surface area contributed by atoms with Gasteiger partial charge in [0.2, 0.25) is 5.89 Å². The maximum absolute atomic E-state index is 5.64. The molecule has 2 rings (SSSR count). The van der Waals surface area contributed by atoms with Gasteiger partial charge in [-0.2, -0.15) is 0 Å². The number of benzene rings is 1. The van der Waals surface area contributed by atoms with Crippen molar-refractivity contribution < 1.29 is 4.42 Å². The molecule has 21 heavy (non-hydrogen) atoms. The van der Waals surface area contributed by atoms with Crippen molar-refractivity contribution in [2.75, 3.05) is 5.32 Å². The van der Waals surface area contributed by atoms with Crippen molar-refractivity contribution in [3.63, 3.8) is 0 Å². The topological polar surface area (TPSA) is 63.0 Å². The Morgan fingerprint density at radius 1 is 1.14 bits per heavy atom. The zero-order chi connectivity index (χ0) is 15.3. The Bertz CT molecular complexity index is 545. The van der Waals surface area contributed by atoms with Crippen molar-refractivity contribution in [1.82, 2.24) is 15.5 Å². The van der Waals surface area contributed by atoms with Gasteiger partial charge in [0, 0.05) is 5.54 Å². The predicted molar refractivity (Wildman–Crippen MR) is 84.0 cm³/mol. The van der Waals surface area contributed by atoms with Crippen LogP contribution in [-0.2, 0) is 6.54 Å². The Morgan fingerprint density at radius 2 is 1.86 bits per heavy atom. The van der Waals surface area contributed by atoms with Gasteiger partial charge in [-0.15, -0.1) is 5.10 Å². The molecule has 1 aromatic carbocycles. The van der Waals surface area contributed by atoms with Gasteiger partial charge in [-0.05, 0) is 32.8 Å². The van der Waals surface area contributed by atoms with E-state index in [2.05, 4.69) is 60.7 Å². The van der Waals surface area contributed by atoms with E-state index in [0.29, 0.717) is 18.5 Å². The number of hydrogen-bond acceptors (Lipinski definition) is 5. The highest BCUT2D eigenvalue weighted by Gasteiger charge is 2.15. The number of nitrogens with one attached hydrogen (secondary N) is 2. The maximum atomic E-state index is 5.64. The van der Waals surface area contributed by atoms with Crippen LogP contribution in [0.1, 0.15) is 51.6 Å². The lowest BCUT2D eigenvalue weighted by molar-refractivity contribution is 0.383. The van der Waals surface area contributed by atoms with Gasteiger partial charge in [-0.1, -0.05) is 42.4 Å². The monoisotopic (exact) mass is 288 g/mol. The molecule has 0 saturated heterocycles. The van der Waals surface area contributed by atoms with Crippen molar-refractivity contribution in [1.29, 1.82) is 0 Å². The first-order valence-corrected chi connectivity index (χ1v) is 7.37. The Balaban J connectivity index is 1.98. The van der Waals surface area contributed by atoms with Crippen LogP contribution in [0.3, 0.4) is 0 Å². The van der Waals surface area contributed by atoms with Crippen LogP contribution in [0.15, 0.2) is 34.7 Å². The van der Waals surface area contributed by atoms with Gasteiger partial charge in [0.25, 0.3) is 0 Å². The largest absolute Gasteiger partial charge is 0.407 e. The zero-order valence-electron chi connectivity index (χ0n) is 13.2. The van der Waals surface area contributed by atoms with Crippen LogP contribution in [0.4, 0.5) is 6.01 Å². The van der Waals surface area contributed by atoms with Gasteiger partial charge < -0.3 is 15.1 Å². The number of anilines is 1. The Hall–Kier alpha value is -1.88. The molecule has 0 amide bonds. The molecule has 114 valence electrons. The molecule has 0 fully saturated rings. The van der Waals surface area contributed by atoms with Crippen molar-refractivity contribution in [2.24, 2.45) is 0 Å². The molecular weight excluding hydrogens is 264 g/mol. The summed E-state index contributed by atoms with van der Waals surface area (Å²) in [6.07, 6.45) is 0.946. The van der Waals surface area contributed by atoms with Crippen LogP contribution in [0, 0.1) is 0 Å². The fraction of sp³-hybridized carbons (Fsp3) is 0.500. The van der Waals surface area contributed by atoms with Crippen molar-refractivity contribution >= 4 is 6.01 Å². The second-order valence-corrected chi connectivity index (χ2v) is 6.12. The lowest BCUT2D eigenvalue weighted by Crippen LogP contribution is -2.35. The summed E-state index contributed by atoms with van der Waals surface area (Å²) in [5.41, 5.74) is 1.24. The van der Waals surface area contributed by atoms with Crippen LogP contribution in [-0.4, -0.2) is 15.7 Å². The SMILES string of the molecule is CCC(Nc1nnc(CNC(C)(C)C)o1)c1ccccc1. The standard InChI is InChI=1S/C16H24N4O/c1-5-13(12-9-7-6-8-10-12)18-15-20-19-14(21-15)11-17-16(2,3)4/h6-10,13,17H,5,11H2,1-4H3,(H,18,20). The number of nitrogens with zero attached hydrogens (tertiary/aromatic N) is 2. The zero-order valence-corrected chi connectivity index (χ0v) is 13.2. The quantitative estimate of drug-likeness (QED) is 0.851.